The molecule has 7 nitrogen and oxygen atoms in total. The van der Waals surface area contributed by atoms with Gasteiger partial charge in [-0.3, -0.25) is 4.79 Å². The summed E-state index contributed by atoms with van der Waals surface area (Å²) in [6.45, 7) is 2.55. The molecule has 7 heteroatoms. The van der Waals surface area contributed by atoms with E-state index >= 15 is 0 Å². The zero-order valence-corrected chi connectivity index (χ0v) is 17.8. The van der Waals surface area contributed by atoms with E-state index in [0.717, 1.165) is 47.9 Å². The lowest BCUT2D eigenvalue weighted by Gasteiger charge is -2.29. The number of pyridine rings is 1. The number of nitrogens with zero attached hydrogens (tertiary/aromatic N) is 5. The van der Waals surface area contributed by atoms with Gasteiger partial charge in [0.05, 0.1) is 19.2 Å². The fourth-order valence-electron chi connectivity index (χ4n) is 4.57. The van der Waals surface area contributed by atoms with Crippen molar-refractivity contribution >= 4 is 22.5 Å². The zero-order chi connectivity index (χ0) is 21.4. The number of rotatable bonds is 5. The van der Waals surface area contributed by atoms with E-state index in [1.54, 1.807) is 11.6 Å². The molecule has 158 valence electrons. The van der Waals surface area contributed by atoms with Crippen LogP contribution in [0.2, 0.25) is 0 Å². The number of methoxy groups -OCH3 is 1. The van der Waals surface area contributed by atoms with Gasteiger partial charge in [0.25, 0.3) is 5.91 Å². The van der Waals surface area contributed by atoms with Crippen molar-refractivity contribution in [3.05, 3.63) is 65.2 Å². The van der Waals surface area contributed by atoms with E-state index in [-0.39, 0.29) is 11.9 Å². The Kier molecular flexibility index (Phi) is 5.02. The molecule has 0 unspecified atom stereocenters. The van der Waals surface area contributed by atoms with E-state index in [1.807, 2.05) is 35.2 Å². The number of aryl methyl sites for hydroxylation is 1. The van der Waals surface area contributed by atoms with Gasteiger partial charge in [0.2, 0.25) is 0 Å². The standard InChI is InChI=1S/C24H25N5O2/c1-16-7-12-22-18(13-16)14-19(23-25-26-27-29(22)23)15-28(20-5-3-4-6-20)24(30)17-8-10-21(31-2)11-9-17/h7-14,20H,3-6,15H2,1-2H3. The second-order valence-electron chi connectivity index (χ2n) is 8.25. The van der Waals surface area contributed by atoms with Crippen LogP contribution in [0, 0.1) is 6.92 Å². The highest BCUT2D eigenvalue weighted by Gasteiger charge is 2.28. The predicted molar refractivity (Wildman–Crippen MR) is 118 cm³/mol. The average molecular weight is 415 g/mol. The summed E-state index contributed by atoms with van der Waals surface area (Å²) in [6.07, 6.45) is 4.34. The Bertz CT molecular complexity index is 1240. The number of tetrazole rings is 1. The Morgan fingerprint density at radius 2 is 1.90 bits per heavy atom. The summed E-state index contributed by atoms with van der Waals surface area (Å²) in [5.74, 6) is 0.773. The molecule has 0 atom stereocenters. The van der Waals surface area contributed by atoms with Crippen LogP contribution in [0.25, 0.3) is 16.6 Å². The number of fused-ring (bicyclic) bond motifs is 3. The van der Waals surface area contributed by atoms with Gasteiger partial charge in [-0.2, -0.15) is 4.52 Å². The van der Waals surface area contributed by atoms with Crippen molar-refractivity contribution in [3.8, 4) is 5.75 Å². The summed E-state index contributed by atoms with van der Waals surface area (Å²) < 4.78 is 7.02. The van der Waals surface area contributed by atoms with Crippen molar-refractivity contribution in [2.75, 3.05) is 7.11 Å². The largest absolute Gasteiger partial charge is 0.497 e. The lowest BCUT2D eigenvalue weighted by atomic mass is 10.1. The normalized spacial score (nSPS) is 14.4. The lowest BCUT2D eigenvalue weighted by Crippen LogP contribution is -2.38. The van der Waals surface area contributed by atoms with Crippen molar-refractivity contribution in [3.63, 3.8) is 0 Å². The molecule has 0 spiro atoms. The van der Waals surface area contributed by atoms with Crippen molar-refractivity contribution in [2.45, 2.75) is 45.2 Å². The number of hydrogen-bond donors (Lipinski definition) is 0. The van der Waals surface area contributed by atoms with E-state index in [0.29, 0.717) is 17.8 Å². The Labute approximate surface area is 180 Å². The van der Waals surface area contributed by atoms with E-state index < -0.39 is 0 Å². The van der Waals surface area contributed by atoms with E-state index in [9.17, 15) is 4.79 Å². The molecule has 0 N–H and O–H groups in total. The van der Waals surface area contributed by atoms with E-state index in [4.69, 9.17) is 4.74 Å². The summed E-state index contributed by atoms with van der Waals surface area (Å²) in [5.41, 5.74) is 4.45. The molecular formula is C24H25N5O2. The first-order valence-electron chi connectivity index (χ1n) is 10.7. The summed E-state index contributed by atoms with van der Waals surface area (Å²) in [5, 5.41) is 13.5. The van der Waals surface area contributed by atoms with Gasteiger partial charge >= 0.3 is 0 Å². The quantitative estimate of drug-likeness (QED) is 0.489. The Morgan fingerprint density at radius 1 is 1.13 bits per heavy atom. The number of carbonyl (C=O) groups excluding carboxylic acids is 1. The predicted octanol–water partition coefficient (Wildman–Crippen LogP) is 4.18. The van der Waals surface area contributed by atoms with Crippen molar-refractivity contribution < 1.29 is 9.53 Å². The van der Waals surface area contributed by atoms with Gasteiger partial charge < -0.3 is 9.64 Å². The molecule has 2 heterocycles. The SMILES string of the molecule is COc1ccc(C(=O)N(Cc2cc3cc(C)ccc3n3nnnc23)C2CCCC2)cc1. The maximum atomic E-state index is 13.6. The molecule has 2 aromatic heterocycles. The molecule has 1 aliphatic rings. The molecule has 0 radical (unpaired) electrons. The monoisotopic (exact) mass is 415 g/mol. The molecular weight excluding hydrogens is 390 g/mol. The van der Waals surface area contributed by atoms with Crippen LogP contribution in [0.5, 0.6) is 5.75 Å². The first-order chi connectivity index (χ1) is 15.1. The second kappa shape index (κ2) is 7.98. The minimum atomic E-state index is 0.0320. The number of ether oxygens (including phenoxy) is 1. The van der Waals surface area contributed by atoms with Gasteiger partial charge in [-0.1, -0.05) is 24.5 Å². The highest BCUT2D eigenvalue weighted by molar-refractivity contribution is 5.95. The van der Waals surface area contributed by atoms with Crippen LogP contribution in [0.4, 0.5) is 0 Å². The highest BCUT2D eigenvalue weighted by atomic mass is 16.5. The fraction of sp³-hybridized carbons (Fsp3) is 0.333. The van der Waals surface area contributed by atoms with Gasteiger partial charge in [-0.05, 0) is 72.7 Å². The Balaban J connectivity index is 1.56. The number of amides is 1. The van der Waals surface area contributed by atoms with Crippen LogP contribution in [0.15, 0.2) is 48.5 Å². The average Bonchev–Trinajstić information content (AvgIpc) is 3.49. The first kappa shape index (κ1) is 19.5. The Morgan fingerprint density at radius 3 is 2.65 bits per heavy atom. The third kappa shape index (κ3) is 3.60. The molecule has 31 heavy (non-hydrogen) atoms. The van der Waals surface area contributed by atoms with Crippen LogP contribution in [0.1, 0.15) is 47.2 Å². The van der Waals surface area contributed by atoms with Gasteiger partial charge in [-0.25, -0.2) is 0 Å². The van der Waals surface area contributed by atoms with Crippen molar-refractivity contribution in [1.82, 2.24) is 24.9 Å². The first-order valence-corrected chi connectivity index (χ1v) is 10.7. The van der Waals surface area contributed by atoms with Crippen LogP contribution in [0.3, 0.4) is 0 Å². The van der Waals surface area contributed by atoms with E-state index in [1.165, 1.54) is 5.56 Å². The van der Waals surface area contributed by atoms with E-state index in [2.05, 4.69) is 40.6 Å². The minimum Gasteiger partial charge on any atom is -0.497 e. The Hall–Kier alpha value is -3.48. The zero-order valence-electron chi connectivity index (χ0n) is 17.8. The van der Waals surface area contributed by atoms with Crippen LogP contribution in [-0.4, -0.2) is 44.0 Å². The second-order valence-corrected chi connectivity index (χ2v) is 8.25. The number of hydrogen-bond acceptors (Lipinski definition) is 5. The topological polar surface area (TPSA) is 72.6 Å². The number of benzene rings is 2. The van der Waals surface area contributed by atoms with Crippen molar-refractivity contribution in [1.29, 1.82) is 0 Å². The lowest BCUT2D eigenvalue weighted by molar-refractivity contribution is 0.0665. The molecule has 1 aliphatic carbocycles. The third-order valence-corrected chi connectivity index (χ3v) is 6.20. The third-order valence-electron chi connectivity index (χ3n) is 6.20. The van der Waals surface area contributed by atoms with Gasteiger partial charge in [0.1, 0.15) is 5.75 Å². The molecule has 0 bridgehead atoms. The summed E-state index contributed by atoms with van der Waals surface area (Å²) in [7, 11) is 1.63. The number of aromatic nitrogens is 4. The molecule has 4 aromatic rings. The summed E-state index contributed by atoms with van der Waals surface area (Å²) >= 11 is 0. The molecule has 5 rings (SSSR count). The maximum Gasteiger partial charge on any atom is 0.254 e. The molecule has 1 saturated carbocycles. The van der Waals surface area contributed by atoms with Crippen LogP contribution < -0.4 is 4.74 Å². The molecule has 1 amide bonds. The van der Waals surface area contributed by atoms with Gasteiger partial charge in [0.15, 0.2) is 5.65 Å². The molecule has 0 aliphatic heterocycles. The molecule has 2 aromatic carbocycles. The summed E-state index contributed by atoms with van der Waals surface area (Å²) in [6, 6.07) is 15.9. The minimum absolute atomic E-state index is 0.0320. The molecule has 0 saturated heterocycles. The van der Waals surface area contributed by atoms with Gasteiger partial charge in [-0.15, -0.1) is 5.10 Å². The fourth-order valence-corrected chi connectivity index (χ4v) is 4.57. The van der Waals surface area contributed by atoms with Crippen molar-refractivity contribution in [2.24, 2.45) is 0 Å². The highest BCUT2D eigenvalue weighted by Crippen LogP contribution is 2.29. The van der Waals surface area contributed by atoms with Crippen LogP contribution >= 0.6 is 0 Å². The maximum absolute atomic E-state index is 13.6. The summed E-state index contributed by atoms with van der Waals surface area (Å²) in [4.78, 5) is 15.6. The smallest absolute Gasteiger partial charge is 0.254 e. The van der Waals surface area contributed by atoms with Gasteiger partial charge in [0, 0.05) is 22.6 Å². The molecule has 1 fully saturated rings. The van der Waals surface area contributed by atoms with Crippen LogP contribution in [-0.2, 0) is 6.54 Å². The number of carbonyl (C=O) groups is 1.